The van der Waals surface area contributed by atoms with E-state index in [0.717, 1.165) is 17.5 Å². The Hall–Kier alpha value is -1.88. The van der Waals surface area contributed by atoms with Gasteiger partial charge in [-0.3, -0.25) is 4.79 Å². The summed E-state index contributed by atoms with van der Waals surface area (Å²) in [5.41, 5.74) is 2.17. The monoisotopic (exact) mass is 277 g/mol. The van der Waals surface area contributed by atoms with Gasteiger partial charge < -0.3 is 14.7 Å². The normalized spacial score (nSPS) is 18.9. The topological polar surface area (TPSA) is 66.8 Å². The van der Waals surface area contributed by atoms with Crippen molar-refractivity contribution >= 4 is 11.9 Å². The zero-order valence-electron chi connectivity index (χ0n) is 11.5. The van der Waals surface area contributed by atoms with Crippen LogP contribution < -0.4 is 0 Å². The van der Waals surface area contributed by atoms with E-state index in [0.29, 0.717) is 13.0 Å². The number of morpholine rings is 1. The number of benzene rings is 1. The third-order valence-corrected chi connectivity index (χ3v) is 3.54. The number of aliphatic carboxylic acids is 1. The Morgan fingerprint density at radius 2 is 2.05 bits per heavy atom. The van der Waals surface area contributed by atoms with Crippen LogP contribution in [0.3, 0.4) is 0 Å². The van der Waals surface area contributed by atoms with Gasteiger partial charge in [-0.2, -0.15) is 0 Å². The SMILES string of the molecule is CCc1ccccc1CC(=O)N1CCOC(C(=O)O)C1. The second-order valence-corrected chi connectivity index (χ2v) is 4.84. The lowest BCUT2D eigenvalue weighted by molar-refractivity contribution is -0.159. The molecule has 0 spiro atoms. The molecule has 0 bridgehead atoms. The average Bonchev–Trinajstić information content (AvgIpc) is 2.48. The molecule has 1 aliphatic rings. The fraction of sp³-hybridized carbons (Fsp3) is 0.467. The van der Waals surface area contributed by atoms with Crippen molar-refractivity contribution in [2.75, 3.05) is 19.7 Å². The van der Waals surface area contributed by atoms with E-state index in [9.17, 15) is 9.59 Å². The summed E-state index contributed by atoms with van der Waals surface area (Å²) in [5, 5.41) is 8.95. The van der Waals surface area contributed by atoms with Crippen molar-refractivity contribution in [3.63, 3.8) is 0 Å². The van der Waals surface area contributed by atoms with Gasteiger partial charge in [-0.15, -0.1) is 0 Å². The molecule has 1 atom stereocenters. The summed E-state index contributed by atoms with van der Waals surface area (Å²) in [5.74, 6) is -1.06. The van der Waals surface area contributed by atoms with Gasteiger partial charge >= 0.3 is 5.97 Å². The number of hydrogen-bond acceptors (Lipinski definition) is 3. The fourth-order valence-electron chi connectivity index (χ4n) is 2.37. The number of ether oxygens (including phenoxy) is 1. The number of amides is 1. The molecule has 1 unspecified atom stereocenters. The van der Waals surface area contributed by atoms with Gasteiger partial charge in [-0.1, -0.05) is 31.2 Å². The molecule has 0 aromatic heterocycles. The van der Waals surface area contributed by atoms with Gasteiger partial charge in [0.1, 0.15) is 0 Å². The number of carbonyl (C=O) groups excluding carboxylic acids is 1. The van der Waals surface area contributed by atoms with E-state index in [2.05, 4.69) is 6.92 Å². The molecule has 1 heterocycles. The number of carboxylic acid groups (broad SMARTS) is 1. The highest BCUT2D eigenvalue weighted by atomic mass is 16.5. The second kappa shape index (κ2) is 6.52. The van der Waals surface area contributed by atoms with Gasteiger partial charge in [0, 0.05) is 6.54 Å². The standard InChI is InChI=1S/C15H19NO4/c1-2-11-5-3-4-6-12(11)9-14(17)16-7-8-20-13(10-16)15(18)19/h3-6,13H,2,7-10H2,1H3,(H,18,19). The van der Waals surface area contributed by atoms with Crippen LogP contribution in [0.25, 0.3) is 0 Å². The largest absolute Gasteiger partial charge is 0.479 e. The molecule has 5 nitrogen and oxygen atoms in total. The van der Waals surface area contributed by atoms with Crippen LogP contribution in [0.1, 0.15) is 18.1 Å². The summed E-state index contributed by atoms with van der Waals surface area (Å²) in [6, 6.07) is 7.84. The van der Waals surface area contributed by atoms with E-state index in [4.69, 9.17) is 9.84 Å². The Bertz CT molecular complexity index is 500. The van der Waals surface area contributed by atoms with Crippen molar-refractivity contribution in [1.82, 2.24) is 4.90 Å². The van der Waals surface area contributed by atoms with Gasteiger partial charge in [-0.05, 0) is 17.5 Å². The van der Waals surface area contributed by atoms with Crippen molar-refractivity contribution in [1.29, 1.82) is 0 Å². The zero-order valence-corrected chi connectivity index (χ0v) is 11.5. The quantitative estimate of drug-likeness (QED) is 0.895. The van der Waals surface area contributed by atoms with Gasteiger partial charge in [0.15, 0.2) is 6.10 Å². The molecule has 1 fully saturated rings. The molecule has 1 N–H and O–H groups in total. The van der Waals surface area contributed by atoms with Gasteiger partial charge in [0.05, 0.1) is 19.6 Å². The number of aryl methyl sites for hydroxylation is 1. The van der Waals surface area contributed by atoms with E-state index in [1.54, 1.807) is 4.90 Å². The smallest absolute Gasteiger partial charge is 0.334 e. The maximum absolute atomic E-state index is 12.3. The first kappa shape index (κ1) is 14.5. The minimum Gasteiger partial charge on any atom is -0.479 e. The number of carboxylic acids is 1. The minimum atomic E-state index is -1.02. The maximum atomic E-state index is 12.3. The number of carbonyl (C=O) groups is 2. The Kier molecular flexibility index (Phi) is 4.74. The first-order valence-corrected chi connectivity index (χ1v) is 6.80. The van der Waals surface area contributed by atoms with E-state index in [-0.39, 0.29) is 19.1 Å². The molecule has 5 heteroatoms. The summed E-state index contributed by atoms with van der Waals surface area (Å²) < 4.78 is 5.12. The molecule has 0 radical (unpaired) electrons. The van der Waals surface area contributed by atoms with Crippen LogP contribution in [0, 0.1) is 0 Å². The second-order valence-electron chi connectivity index (χ2n) is 4.84. The Labute approximate surface area is 118 Å². The molecule has 0 aliphatic carbocycles. The molecular formula is C15H19NO4. The molecule has 20 heavy (non-hydrogen) atoms. The highest BCUT2D eigenvalue weighted by molar-refractivity contribution is 5.80. The zero-order chi connectivity index (χ0) is 14.5. The van der Waals surface area contributed by atoms with Crippen molar-refractivity contribution in [2.45, 2.75) is 25.9 Å². The Morgan fingerprint density at radius 3 is 2.70 bits per heavy atom. The minimum absolute atomic E-state index is 0.0412. The van der Waals surface area contributed by atoms with Crippen LogP contribution >= 0.6 is 0 Å². The van der Waals surface area contributed by atoms with Crippen molar-refractivity contribution in [2.24, 2.45) is 0 Å². The van der Waals surface area contributed by atoms with Gasteiger partial charge in [-0.25, -0.2) is 4.79 Å². The number of nitrogens with zero attached hydrogens (tertiary/aromatic N) is 1. The molecule has 1 aliphatic heterocycles. The molecule has 108 valence electrons. The molecule has 0 saturated carbocycles. The van der Waals surface area contributed by atoms with Crippen LogP contribution in [0.2, 0.25) is 0 Å². The summed E-state index contributed by atoms with van der Waals surface area (Å²) >= 11 is 0. The first-order chi connectivity index (χ1) is 9.61. The van der Waals surface area contributed by atoms with Gasteiger partial charge in [0.2, 0.25) is 5.91 Å². The highest BCUT2D eigenvalue weighted by Gasteiger charge is 2.28. The Morgan fingerprint density at radius 1 is 1.35 bits per heavy atom. The van der Waals surface area contributed by atoms with E-state index in [1.807, 2.05) is 24.3 Å². The summed E-state index contributed by atoms with van der Waals surface area (Å²) in [7, 11) is 0. The highest BCUT2D eigenvalue weighted by Crippen LogP contribution is 2.13. The summed E-state index contributed by atoms with van der Waals surface area (Å²) in [4.78, 5) is 24.8. The maximum Gasteiger partial charge on any atom is 0.334 e. The molecule has 1 saturated heterocycles. The van der Waals surface area contributed by atoms with Crippen LogP contribution in [-0.4, -0.2) is 47.7 Å². The van der Waals surface area contributed by atoms with Crippen LogP contribution in [0.15, 0.2) is 24.3 Å². The lowest BCUT2D eigenvalue weighted by atomic mass is 10.0. The molecule has 1 aromatic rings. The van der Waals surface area contributed by atoms with Crippen LogP contribution in [0.5, 0.6) is 0 Å². The lowest BCUT2D eigenvalue weighted by Crippen LogP contribution is -2.49. The third-order valence-electron chi connectivity index (χ3n) is 3.54. The lowest BCUT2D eigenvalue weighted by Gasteiger charge is -2.31. The fourth-order valence-corrected chi connectivity index (χ4v) is 2.37. The summed E-state index contributed by atoms with van der Waals surface area (Å²) in [6.45, 7) is 2.91. The van der Waals surface area contributed by atoms with Crippen molar-refractivity contribution in [3.05, 3.63) is 35.4 Å². The predicted molar refractivity (Wildman–Crippen MR) is 73.5 cm³/mol. The van der Waals surface area contributed by atoms with Gasteiger partial charge in [0.25, 0.3) is 0 Å². The van der Waals surface area contributed by atoms with Crippen molar-refractivity contribution < 1.29 is 19.4 Å². The third kappa shape index (κ3) is 3.36. The summed E-state index contributed by atoms with van der Waals surface area (Å²) in [6.07, 6.45) is 0.287. The first-order valence-electron chi connectivity index (χ1n) is 6.80. The molecular weight excluding hydrogens is 258 g/mol. The van der Waals surface area contributed by atoms with E-state index in [1.165, 1.54) is 0 Å². The number of hydrogen-bond donors (Lipinski definition) is 1. The molecule has 1 amide bonds. The van der Waals surface area contributed by atoms with Crippen LogP contribution in [-0.2, 0) is 27.2 Å². The average molecular weight is 277 g/mol. The molecule has 1 aromatic carbocycles. The number of rotatable bonds is 4. The van der Waals surface area contributed by atoms with E-state index < -0.39 is 12.1 Å². The van der Waals surface area contributed by atoms with E-state index >= 15 is 0 Å². The predicted octanol–water partition coefficient (Wildman–Crippen LogP) is 1.10. The van der Waals surface area contributed by atoms with Crippen LogP contribution in [0.4, 0.5) is 0 Å². The Balaban J connectivity index is 2.02. The van der Waals surface area contributed by atoms with Crippen molar-refractivity contribution in [3.8, 4) is 0 Å². The molecule has 2 rings (SSSR count).